The Morgan fingerprint density at radius 2 is 2.12 bits per heavy atom. The molecule has 0 aliphatic heterocycles. The van der Waals surface area contributed by atoms with Gasteiger partial charge in [-0.3, -0.25) is 4.79 Å². The van der Waals surface area contributed by atoms with E-state index in [2.05, 4.69) is 14.7 Å². The molecule has 0 fully saturated rings. The lowest BCUT2D eigenvalue weighted by Gasteiger charge is -2.02. The fourth-order valence-electron chi connectivity index (χ4n) is 1.15. The molecule has 17 heavy (non-hydrogen) atoms. The zero-order valence-electron chi connectivity index (χ0n) is 8.51. The number of carbonyl (C=O) groups excluding carboxylic acids is 1. The maximum atomic E-state index is 12.8. The highest BCUT2D eigenvalue weighted by Crippen LogP contribution is 2.06. The molecule has 1 amide bonds. The normalized spacial score (nSPS) is 9.94. The van der Waals surface area contributed by atoms with Crippen LogP contribution in [0.15, 0.2) is 45.8 Å². The molecule has 0 saturated heterocycles. The van der Waals surface area contributed by atoms with Gasteiger partial charge in [0.05, 0.1) is 5.56 Å². The van der Waals surface area contributed by atoms with Crippen LogP contribution in [0.5, 0.6) is 0 Å². The van der Waals surface area contributed by atoms with Crippen LogP contribution >= 0.6 is 0 Å². The van der Waals surface area contributed by atoms with Gasteiger partial charge in [-0.2, -0.15) is 4.39 Å². The highest BCUT2D eigenvalue weighted by Gasteiger charge is 2.07. The van der Waals surface area contributed by atoms with E-state index in [4.69, 9.17) is 0 Å². The summed E-state index contributed by atoms with van der Waals surface area (Å²) in [4.78, 5) is 25.8. The van der Waals surface area contributed by atoms with Gasteiger partial charge in [0.15, 0.2) is 0 Å². The van der Waals surface area contributed by atoms with E-state index in [-0.39, 0.29) is 11.4 Å². The monoisotopic (exact) mass is 234 g/mol. The smallest absolute Gasteiger partial charge is 0.335 e. The van der Waals surface area contributed by atoms with Crippen molar-refractivity contribution in [3.8, 4) is 0 Å². The van der Waals surface area contributed by atoms with Crippen LogP contribution in [0.2, 0.25) is 0 Å². The quantitative estimate of drug-likeness (QED) is 0.798. The van der Waals surface area contributed by atoms with E-state index in [1.165, 1.54) is 18.2 Å². The Morgan fingerprint density at radius 1 is 1.29 bits per heavy atom. The molecular formula is C11H7FN2O3. The van der Waals surface area contributed by atoms with Crippen LogP contribution in [-0.4, -0.2) is 10.9 Å². The number of nitrogens with zero attached hydrogens (tertiary/aromatic N) is 1. The molecule has 1 N–H and O–H groups in total. The SMILES string of the molecule is O=C(Nc1cccc(F)n1)c1ccc(=O)oc1. The van der Waals surface area contributed by atoms with Crippen LogP contribution in [0.1, 0.15) is 10.4 Å². The van der Waals surface area contributed by atoms with Crippen molar-refractivity contribution in [1.82, 2.24) is 4.98 Å². The fraction of sp³-hybridized carbons (Fsp3) is 0. The standard InChI is InChI=1S/C11H7FN2O3/c12-8-2-1-3-9(13-8)14-11(16)7-4-5-10(15)17-6-7/h1-6H,(H,13,14,16). The molecular weight excluding hydrogens is 227 g/mol. The second kappa shape index (κ2) is 4.56. The fourth-order valence-corrected chi connectivity index (χ4v) is 1.15. The van der Waals surface area contributed by atoms with Crippen molar-refractivity contribution in [1.29, 1.82) is 0 Å². The van der Waals surface area contributed by atoms with Crippen LogP contribution in [0, 0.1) is 5.95 Å². The summed E-state index contributed by atoms with van der Waals surface area (Å²) in [7, 11) is 0. The molecule has 0 unspecified atom stereocenters. The predicted molar refractivity (Wildman–Crippen MR) is 57.1 cm³/mol. The number of anilines is 1. The lowest BCUT2D eigenvalue weighted by molar-refractivity contribution is 0.102. The summed E-state index contributed by atoms with van der Waals surface area (Å²) in [5, 5.41) is 2.37. The summed E-state index contributed by atoms with van der Waals surface area (Å²) in [5.74, 6) is -1.14. The van der Waals surface area contributed by atoms with E-state index >= 15 is 0 Å². The largest absolute Gasteiger partial charge is 0.430 e. The summed E-state index contributed by atoms with van der Waals surface area (Å²) in [5.41, 5.74) is -0.402. The maximum absolute atomic E-state index is 12.8. The number of nitrogens with one attached hydrogen (secondary N) is 1. The second-order valence-corrected chi connectivity index (χ2v) is 3.14. The Balaban J connectivity index is 2.17. The number of carbonyl (C=O) groups is 1. The van der Waals surface area contributed by atoms with Gasteiger partial charge in [0.1, 0.15) is 12.1 Å². The first-order valence-corrected chi connectivity index (χ1v) is 4.68. The van der Waals surface area contributed by atoms with Crippen molar-refractivity contribution >= 4 is 11.7 Å². The third-order valence-corrected chi connectivity index (χ3v) is 1.92. The molecule has 0 aliphatic rings. The third-order valence-electron chi connectivity index (χ3n) is 1.92. The number of hydrogen-bond acceptors (Lipinski definition) is 4. The van der Waals surface area contributed by atoms with Gasteiger partial charge in [-0.05, 0) is 18.2 Å². The van der Waals surface area contributed by atoms with Crippen LogP contribution < -0.4 is 10.9 Å². The van der Waals surface area contributed by atoms with Crippen LogP contribution in [0.25, 0.3) is 0 Å². The highest BCUT2D eigenvalue weighted by molar-refractivity contribution is 6.03. The first kappa shape index (κ1) is 11.0. The summed E-state index contributed by atoms with van der Waals surface area (Å²) in [6.07, 6.45) is 1.02. The minimum absolute atomic E-state index is 0.0844. The van der Waals surface area contributed by atoms with Crippen LogP contribution in [0.3, 0.4) is 0 Å². The van der Waals surface area contributed by atoms with Crippen LogP contribution in [0.4, 0.5) is 10.2 Å². The Hall–Kier alpha value is -2.50. The van der Waals surface area contributed by atoms with Crippen LogP contribution in [-0.2, 0) is 0 Å². The Bertz CT molecular complexity index is 589. The molecule has 0 bridgehead atoms. The van der Waals surface area contributed by atoms with E-state index in [1.807, 2.05) is 0 Å². The molecule has 2 heterocycles. The van der Waals surface area contributed by atoms with Crippen molar-refractivity contribution < 1.29 is 13.6 Å². The summed E-state index contributed by atoms with van der Waals surface area (Å²) >= 11 is 0. The molecule has 6 heteroatoms. The van der Waals surface area contributed by atoms with Gasteiger partial charge in [-0.25, -0.2) is 9.78 Å². The van der Waals surface area contributed by atoms with Crippen molar-refractivity contribution in [3.63, 3.8) is 0 Å². The van der Waals surface area contributed by atoms with Gasteiger partial charge in [0.25, 0.3) is 5.91 Å². The maximum Gasteiger partial charge on any atom is 0.335 e. The molecule has 0 aromatic carbocycles. The Morgan fingerprint density at radius 3 is 2.76 bits per heavy atom. The zero-order valence-corrected chi connectivity index (χ0v) is 8.51. The topological polar surface area (TPSA) is 72.2 Å². The van der Waals surface area contributed by atoms with Gasteiger partial charge in [0, 0.05) is 6.07 Å². The number of aromatic nitrogens is 1. The molecule has 0 saturated carbocycles. The third kappa shape index (κ3) is 2.75. The molecule has 0 radical (unpaired) electrons. The van der Waals surface area contributed by atoms with Crippen molar-refractivity contribution in [2.24, 2.45) is 0 Å². The number of pyridine rings is 1. The van der Waals surface area contributed by atoms with Gasteiger partial charge in [-0.1, -0.05) is 6.07 Å². The molecule has 0 spiro atoms. The van der Waals surface area contributed by atoms with Crippen molar-refractivity contribution in [3.05, 3.63) is 58.5 Å². The van der Waals surface area contributed by atoms with E-state index in [0.29, 0.717) is 0 Å². The van der Waals surface area contributed by atoms with E-state index in [9.17, 15) is 14.0 Å². The molecule has 2 aromatic rings. The molecule has 0 atom stereocenters. The minimum Gasteiger partial charge on any atom is -0.430 e. The summed E-state index contributed by atoms with van der Waals surface area (Å²) in [6.45, 7) is 0. The number of hydrogen-bond donors (Lipinski definition) is 1. The van der Waals surface area contributed by atoms with Gasteiger partial charge in [0.2, 0.25) is 5.95 Å². The molecule has 86 valence electrons. The Kier molecular flexibility index (Phi) is 2.95. The van der Waals surface area contributed by atoms with Gasteiger partial charge < -0.3 is 9.73 Å². The van der Waals surface area contributed by atoms with Crippen molar-refractivity contribution in [2.75, 3.05) is 5.32 Å². The van der Waals surface area contributed by atoms with Crippen molar-refractivity contribution in [2.45, 2.75) is 0 Å². The highest BCUT2D eigenvalue weighted by atomic mass is 19.1. The average Bonchev–Trinajstić information content (AvgIpc) is 2.29. The molecule has 2 rings (SSSR count). The minimum atomic E-state index is -0.692. The average molecular weight is 234 g/mol. The lowest BCUT2D eigenvalue weighted by Crippen LogP contribution is -2.14. The van der Waals surface area contributed by atoms with E-state index in [1.54, 1.807) is 0 Å². The second-order valence-electron chi connectivity index (χ2n) is 3.14. The van der Waals surface area contributed by atoms with Gasteiger partial charge >= 0.3 is 5.63 Å². The molecule has 2 aromatic heterocycles. The Labute approximate surface area is 94.9 Å². The first-order chi connectivity index (χ1) is 8.15. The first-order valence-electron chi connectivity index (χ1n) is 4.68. The zero-order chi connectivity index (χ0) is 12.3. The lowest BCUT2D eigenvalue weighted by atomic mass is 10.3. The molecule has 5 nitrogen and oxygen atoms in total. The van der Waals surface area contributed by atoms with E-state index < -0.39 is 17.5 Å². The molecule has 0 aliphatic carbocycles. The number of halogens is 1. The number of amides is 1. The summed E-state index contributed by atoms with van der Waals surface area (Å²) < 4.78 is 17.3. The van der Waals surface area contributed by atoms with E-state index in [0.717, 1.165) is 18.4 Å². The number of rotatable bonds is 2. The predicted octanol–water partition coefficient (Wildman–Crippen LogP) is 1.43. The van der Waals surface area contributed by atoms with Gasteiger partial charge in [-0.15, -0.1) is 0 Å². The summed E-state index contributed by atoms with van der Waals surface area (Å²) in [6, 6.07) is 6.45.